The van der Waals surface area contributed by atoms with Gasteiger partial charge in [-0.15, -0.1) is 0 Å². The Hall–Kier alpha value is -1.11. The molecule has 60 valence electrons. The monoisotopic (exact) mass is 149 g/mol. The van der Waals surface area contributed by atoms with Crippen LogP contribution in [0.4, 0.5) is 0 Å². The van der Waals surface area contributed by atoms with E-state index in [9.17, 15) is 0 Å². The average Bonchev–Trinajstić information content (AvgIpc) is 2.03. The highest BCUT2D eigenvalue weighted by Crippen LogP contribution is 1.87. The van der Waals surface area contributed by atoms with E-state index in [0.717, 1.165) is 12.8 Å². The van der Waals surface area contributed by atoms with Crippen molar-refractivity contribution in [1.82, 2.24) is 0 Å². The minimum atomic E-state index is 0.841. The van der Waals surface area contributed by atoms with Crippen molar-refractivity contribution < 1.29 is 0 Å². The van der Waals surface area contributed by atoms with Gasteiger partial charge in [0, 0.05) is 0 Å². The number of nitrogens with one attached hydrogen (secondary N) is 1. The van der Waals surface area contributed by atoms with E-state index >= 15 is 0 Å². The minimum absolute atomic E-state index is 0.841. The molecule has 0 aromatic carbocycles. The number of hydrogen-bond acceptors (Lipinski definition) is 1. The summed E-state index contributed by atoms with van der Waals surface area (Å²) in [5, 5.41) is 6.76. The average molecular weight is 149 g/mol. The second-order valence-corrected chi connectivity index (χ2v) is 2.12. The molecule has 0 amide bonds. The molecule has 0 aliphatic rings. The van der Waals surface area contributed by atoms with Crippen molar-refractivity contribution in [3.63, 3.8) is 0 Å². The molecule has 1 N–H and O–H groups in total. The molecule has 0 spiro atoms. The first kappa shape index (κ1) is 9.89. The molecular formula is C10H15N. The number of unbranched alkanes of at least 4 members (excludes halogenated alkanes) is 1. The molecule has 0 saturated heterocycles. The maximum Gasteiger partial charge on any atom is -0.00447 e. The Labute approximate surface area is 68.6 Å². The quantitative estimate of drug-likeness (QED) is 0.353. The van der Waals surface area contributed by atoms with Gasteiger partial charge in [-0.25, -0.2) is 0 Å². The lowest BCUT2D eigenvalue weighted by Gasteiger charge is -1.80. The molecule has 11 heavy (non-hydrogen) atoms. The van der Waals surface area contributed by atoms with Crippen molar-refractivity contribution in [3.8, 4) is 0 Å². The fourth-order valence-corrected chi connectivity index (χ4v) is 0.594. The third kappa shape index (κ3) is 8.89. The standard InChI is InChI=1S/C10H15N/c1-2-3-4-5-6-7-8-9-10-11/h2-7,10-11H,8-9H2,1H3/b3-2+,5-4+,7-6-,11-10?. The van der Waals surface area contributed by atoms with E-state index in [2.05, 4.69) is 6.08 Å². The summed E-state index contributed by atoms with van der Waals surface area (Å²) >= 11 is 0. The fraction of sp³-hybridized carbons (Fsp3) is 0.300. The van der Waals surface area contributed by atoms with E-state index in [4.69, 9.17) is 5.41 Å². The van der Waals surface area contributed by atoms with Gasteiger partial charge in [0.25, 0.3) is 0 Å². The molecule has 0 unspecified atom stereocenters. The largest absolute Gasteiger partial charge is 0.313 e. The van der Waals surface area contributed by atoms with E-state index in [0.29, 0.717) is 0 Å². The van der Waals surface area contributed by atoms with Crippen LogP contribution in [0.2, 0.25) is 0 Å². The van der Waals surface area contributed by atoms with E-state index in [1.807, 2.05) is 37.3 Å². The second-order valence-electron chi connectivity index (χ2n) is 2.12. The van der Waals surface area contributed by atoms with Crippen molar-refractivity contribution in [2.75, 3.05) is 0 Å². The summed E-state index contributed by atoms with van der Waals surface area (Å²) in [6.45, 7) is 1.99. The maximum atomic E-state index is 6.76. The molecule has 0 fully saturated rings. The Morgan fingerprint density at radius 2 is 1.73 bits per heavy atom. The SMILES string of the molecule is C/C=C/C=C/C=C\CCC=N. The predicted octanol–water partition coefficient (Wildman–Crippen LogP) is 3.10. The fourth-order valence-electron chi connectivity index (χ4n) is 0.594. The van der Waals surface area contributed by atoms with Crippen molar-refractivity contribution in [3.05, 3.63) is 36.5 Å². The molecule has 0 aliphatic heterocycles. The van der Waals surface area contributed by atoms with Crippen LogP contribution in [-0.4, -0.2) is 6.21 Å². The van der Waals surface area contributed by atoms with Crippen LogP contribution in [0.1, 0.15) is 19.8 Å². The van der Waals surface area contributed by atoms with E-state index in [1.54, 1.807) is 0 Å². The van der Waals surface area contributed by atoms with Crippen LogP contribution < -0.4 is 0 Å². The normalized spacial score (nSPS) is 12.1. The number of allylic oxidation sites excluding steroid dienone is 6. The first-order valence-corrected chi connectivity index (χ1v) is 3.85. The van der Waals surface area contributed by atoms with Crippen LogP contribution in [0.15, 0.2) is 36.5 Å². The molecule has 0 saturated carbocycles. The maximum absolute atomic E-state index is 6.76. The zero-order chi connectivity index (χ0) is 8.36. The van der Waals surface area contributed by atoms with Gasteiger partial charge in [-0.2, -0.15) is 0 Å². The van der Waals surface area contributed by atoms with Gasteiger partial charge in [0.15, 0.2) is 0 Å². The molecule has 0 rings (SSSR count). The van der Waals surface area contributed by atoms with Gasteiger partial charge in [0.2, 0.25) is 0 Å². The molecule has 0 heterocycles. The molecule has 0 bridgehead atoms. The highest BCUT2D eigenvalue weighted by molar-refractivity contribution is 5.52. The molecule has 0 atom stereocenters. The summed E-state index contributed by atoms with van der Waals surface area (Å²) in [5.41, 5.74) is 0. The summed E-state index contributed by atoms with van der Waals surface area (Å²) in [4.78, 5) is 0. The van der Waals surface area contributed by atoms with Crippen LogP contribution in [0.3, 0.4) is 0 Å². The van der Waals surface area contributed by atoms with Crippen molar-refractivity contribution >= 4 is 6.21 Å². The zero-order valence-corrected chi connectivity index (χ0v) is 6.96. The lowest BCUT2D eigenvalue weighted by Crippen LogP contribution is -1.67. The van der Waals surface area contributed by atoms with Gasteiger partial charge in [-0.1, -0.05) is 36.5 Å². The summed E-state index contributed by atoms with van der Waals surface area (Å²) in [5.74, 6) is 0. The molecule has 0 aromatic heterocycles. The third-order valence-electron chi connectivity index (χ3n) is 1.14. The Morgan fingerprint density at radius 3 is 2.36 bits per heavy atom. The van der Waals surface area contributed by atoms with E-state index in [1.165, 1.54) is 6.21 Å². The Balaban J connectivity index is 3.35. The van der Waals surface area contributed by atoms with Crippen LogP contribution in [-0.2, 0) is 0 Å². The molecule has 0 radical (unpaired) electrons. The molecule has 1 nitrogen and oxygen atoms in total. The second kappa shape index (κ2) is 8.89. The van der Waals surface area contributed by atoms with Gasteiger partial charge in [-0.3, -0.25) is 0 Å². The van der Waals surface area contributed by atoms with Crippen LogP contribution in [0, 0.1) is 5.41 Å². The highest BCUT2D eigenvalue weighted by Gasteiger charge is 1.71. The van der Waals surface area contributed by atoms with Crippen molar-refractivity contribution in [2.45, 2.75) is 19.8 Å². The van der Waals surface area contributed by atoms with E-state index < -0.39 is 0 Å². The zero-order valence-electron chi connectivity index (χ0n) is 6.96. The molecule has 0 aliphatic carbocycles. The smallest absolute Gasteiger partial charge is 0.00447 e. The number of hydrogen-bond donors (Lipinski definition) is 1. The molecule has 0 aromatic rings. The van der Waals surface area contributed by atoms with Crippen LogP contribution in [0.5, 0.6) is 0 Å². The Kier molecular flexibility index (Phi) is 7.99. The first-order chi connectivity index (χ1) is 5.41. The van der Waals surface area contributed by atoms with Crippen molar-refractivity contribution in [1.29, 1.82) is 5.41 Å². The number of rotatable bonds is 5. The van der Waals surface area contributed by atoms with Crippen molar-refractivity contribution in [2.24, 2.45) is 0 Å². The summed E-state index contributed by atoms with van der Waals surface area (Å²) in [6, 6.07) is 0. The van der Waals surface area contributed by atoms with E-state index in [-0.39, 0.29) is 0 Å². The third-order valence-corrected chi connectivity index (χ3v) is 1.14. The summed E-state index contributed by atoms with van der Waals surface area (Å²) in [7, 11) is 0. The van der Waals surface area contributed by atoms with Gasteiger partial charge in [-0.05, 0) is 26.0 Å². The highest BCUT2D eigenvalue weighted by atomic mass is 14.3. The summed E-state index contributed by atoms with van der Waals surface area (Å²) in [6.07, 6.45) is 15.2. The lowest BCUT2D eigenvalue weighted by atomic mass is 10.3. The topological polar surface area (TPSA) is 23.9 Å². The van der Waals surface area contributed by atoms with Gasteiger partial charge in [0.1, 0.15) is 0 Å². The molecule has 1 heteroatoms. The lowest BCUT2D eigenvalue weighted by molar-refractivity contribution is 1.11. The summed E-state index contributed by atoms with van der Waals surface area (Å²) < 4.78 is 0. The van der Waals surface area contributed by atoms with Crippen LogP contribution >= 0.6 is 0 Å². The Bertz CT molecular complexity index is 164. The van der Waals surface area contributed by atoms with Crippen LogP contribution in [0.25, 0.3) is 0 Å². The Morgan fingerprint density at radius 1 is 1.00 bits per heavy atom. The van der Waals surface area contributed by atoms with Gasteiger partial charge >= 0.3 is 0 Å². The molecular weight excluding hydrogens is 134 g/mol. The van der Waals surface area contributed by atoms with Gasteiger partial charge in [0.05, 0.1) is 0 Å². The minimum Gasteiger partial charge on any atom is -0.313 e. The predicted molar refractivity (Wildman–Crippen MR) is 51.1 cm³/mol. The van der Waals surface area contributed by atoms with Gasteiger partial charge < -0.3 is 5.41 Å². The first-order valence-electron chi connectivity index (χ1n) is 3.85.